The van der Waals surface area contributed by atoms with Crippen molar-refractivity contribution in [3.8, 4) is 0 Å². The van der Waals surface area contributed by atoms with E-state index in [1.807, 2.05) is 0 Å². The molecule has 0 aliphatic heterocycles. The van der Waals surface area contributed by atoms with E-state index in [0.717, 1.165) is 19.3 Å². The molecule has 1 N–H and O–H groups in total. The van der Waals surface area contributed by atoms with Gasteiger partial charge in [-0.2, -0.15) is 0 Å². The van der Waals surface area contributed by atoms with Gasteiger partial charge in [-0.3, -0.25) is 4.79 Å². The van der Waals surface area contributed by atoms with Gasteiger partial charge >= 0.3 is 0 Å². The van der Waals surface area contributed by atoms with Crippen LogP contribution in [0.4, 0.5) is 0 Å². The van der Waals surface area contributed by atoms with Gasteiger partial charge in [0.05, 0.1) is 12.0 Å². The average Bonchev–Trinajstić information content (AvgIpc) is 2.26. The van der Waals surface area contributed by atoms with E-state index in [0.29, 0.717) is 17.8 Å². The molecule has 0 aromatic heterocycles. The number of hydrogen-bond donors (Lipinski definition) is 1. The maximum atomic E-state index is 12.4. The summed E-state index contributed by atoms with van der Waals surface area (Å²) in [6, 6.07) is -0.884. The third-order valence-corrected chi connectivity index (χ3v) is 5.22. The lowest BCUT2D eigenvalue weighted by molar-refractivity contribution is -0.307. The molecule has 18 heavy (non-hydrogen) atoms. The highest BCUT2D eigenvalue weighted by Gasteiger charge is 2.54. The number of aliphatic carboxylic acids is 1. The first-order valence-corrected chi connectivity index (χ1v) is 7.00. The Hall–Kier alpha value is -1.06. The number of rotatable bonds is 3. The highest BCUT2D eigenvalue weighted by atomic mass is 16.4. The van der Waals surface area contributed by atoms with Gasteiger partial charge in [-0.15, -0.1) is 0 Å². The third-order valence-electron chi connectivity index (χ3n) is 5.22. The molecule has 4 aliphatic rings. The first-order valence-electron chi connectivity index (χ1n) is 7.00. The van der Waals surface area contributed by atoms with Crippen molar-refractivity contribution in [3.63, 3.8) is 0 Å². The second-order valence-electron chi connectivity index (χ2n) is 6.71. The quantitative estimate of drug-likeness (QED) is 0.791. The van der Waals surface area contributed by atoms with Crippen molar-refractivity contribution < 1.29 is 14.7 Å². The zero-order chi connectivity index (χ0) is 12.9. The van der Waals surface area contributed by atoms with Crippen LogP contribution in [0.25, 0.3) is 0 Å². The van der Waals surface area contributed by atoms with E-state index < -0.39 is 12.0 Å². The normalized spacial score (nSPS) is 42.6. The molecule has 4 saturated carbocycles. The molecule has 1 amide bonds. The zero-order valence-corrected chi connectivity index (χ0v) is 10.8. The number of nitrogens with one attached hydrogen (secondary N) is 1. The van der Waals surface area contributed by atoms with E-state index in [9.17, 15) is 14.7 Å². The summed E-state index contributed by atoms with van der Waals surface area (Å²) >= 11 is 0. The predicted octanol–water partition coefficient (Wildman–Crippen LogP) is 0.457. The van der Waals surface area contributed by atoms with E-state index in [4.69, 9.17) is 0 Å². The largest absolute Gasteiger partial charge is 0.548 e. The molecule has 1 atom stereocenters. The third kappa shape index (κ3) is 1.82. The SMILES string of the molecule is C[C@H](NC(=O)C12CC3CC(CC(C3)C1)C2)C(=O)[O-]. The molecule has 0 aromatic carbocycles. The molecule has 0 spiro atoms. The Bertz CT molecular complexity index is 355. The smallest absolute Gasteiger partial charge is 0.226 e. The van der Waals surface area contributed by atoms with Crippen molar-refractivity contribution in [1.82, 2.24) is 5.32 Å². The molecule has 4 bridgehead atoms. The summed E-state index contributed by atoms with van der Waals surface area (Å²) in [7, 11) is 0. The summed E-state index contributed by atoms with van der Waals surface area (Å²) in [6.07, 6.45) is 6.73. The number of carboxylic acids is 1. The van der Waals surface area contributed by atoms with E-state index in [2.05, 4.69) is 5.32 Å². The van der Waals surface area contributed by atoms with Gasteiger partial charge in [0.1, 0.15) is 0 Å². The van der Waals surface area contributed by atoms with Gasteiger partial charge in [0.25, 0.3) is 0 Å². The Morgan fingerprint density at radius 3 is 1.94 bits per heavy atom. The van der Waals surface area contributed by atoms with Crippen LogP contribution in [0.3, 0.4) is 0 Å². The van der Waals surface area contributed by atoms with Crippen molar-refractivity contribution in [2.75, 3.05) is 0 Å². The fourth-order valence-electron chi connectivity index (χ4n) is 4.80. The second-order valence-corrected chi connectivity index (χ2v) is 6.71. The van der Waals surface area contributed by atoms with Crippen LogP contribution in [0, 0.1) is 23.2 Å². The van der Waals surface area contributed by atoms with Crippen molar-refractivity contribution in [1.29, 1.82) is 0 Å². The average molecular weight is 250 g/mol. The molecular weight excluding hydrogens is 230 g/mol. The van der Waals surface area contributed by atoms with Crippen LogP contribution in [0.15, 0.2) is 0 Å². The van der Waals surface area contributed by atoms with Crippen LogP contribution in [0.5, 0.6) is 0 Å². The number of carboxylic acid groups (broad SMARTS) is 1. The van der Waals surface area contributed by atoms with Gasteiger partial charge < -0.3 is 15.2 Å². The van der Waals surface area contributed by atoms with E-state index >= 15 is 0 Å². The van der Waals surface area contributed by atoms with Crippen LogP contribution < -0.4 is 10.4 Å². The molecule has 4 heteroatoms. The van der Waals surface area contributed by atoms with Crippen molar-refractivity contribution in [2.24, 2.45) is 23.2 Å². The number of hydrogen-bond acceptors (Lipinski definition) is 3. The summed E-state index contributed by atoms with van der Waals surface area (Å²) in [6.45, 7) is 1.48. The monoisotopic (exact) mass is 250 g/mol. The van der Waals surface area contributed by atoms with Crippen LogP contribution >= 0.6 is 0 Å². The minimum atomic E-state index is -1.20. The van der Waals surface area contributed by atoms with E-state index in [1.54, 1.807) is 0 Å². The molecule has 4 fully saturated rings. The molecule has 0 aromatic rings. The highest BCUT2D eigenvalue weighted by molar-refractivity contribution is 5.87. The fourth-order valence-corrected chi connectivity index (χ4v) is 4.80. The summed E-state index contributed by atoms with van der Waals surface area (Å²) < 4.78 is 0. The topological polar surface area (TPSA) is 69.2 Å². The first-order chi connectivity index (χ1) is 8.48. The van der Waals surface area contributed by atoms with Gasteiger partial charge in [0.15, 0.2) is 0 Å². The Kier molecular flexibility index (Phi) is 2.65. The second kappa shape index (κ2) is 3.97. The molecule has 4 rings (SSSR count). The van der Waals surface area contributed by atoms with Crippen LogP contribution in [-0.2, 0) is 9.59 Å². The molecule has 0 saturated heterocycles. The van der Waals surface area contributed by atoms with Gasteiger partial charge in [0, 0.05) is 5.41 Å². The van der Waals surface area contributed by atoms with Crippen molar-refractivity contribution in [3.05, 3.63) is 0 Å². The Morgan fingerprint density at radius 1 is 1.11 bits per heavy atom. The van der Waals surface area contributed by atoms with Crippen LogP contribution in [-0.4, -0.2) is 17.9 Å². The molecule has 0 radical (unpaired) electrons. The van der Waals surface area contributed by atoms with Crippen molar-refractivity contribution >= 4 is 11.9 Å². The van der Waals surface area contributed by atoms with Gasteiger partial charge in [-0.05, 0) is 63.2 Å². The fraction of sp³-hybridized carbons (Fsp3) is 0.857. The van der Waals surface area contributed by atoms with E-state index in [-0.39, 0.29) is 11.3 Å². The lowest BCUT2D eigenvalue weighted by Crippen LogP contribution is -2.57. The first kappa shape index (κ1) is 12.0. The van der Waals surface area contributed by atoms with Gasteiger partial charge in [-0.1, -0.05) is 0 Å². The van der Waals surface area contributed by atoms with Gasteiger partial charge in [0.2, 0.25) is 5.91 Å². The molecule has 4 aliphatic carbocycles. The molecule has 4 nitrogen and oxygen atoms in total. The zero-order valence-electron chi connectivity index (χ0n) is 10.8. The molecular formula is C14H20NO3-. The molecule has 0 unspecified atom stereocenters. The predicted molar refractivity (Wildman–Crippen MR) is 63.2 cm³/mol. The number of carbonyl (C=O) groups is 2. The van der Waals surface area contributed by atoms with Crippen LogP contribution in [0.2, 0.25) is 0 Å². The number of carbonyl (C=O) groups excluding carboxylic acids is 2. The summed E-state index contributed by atoms with van der Waals surface area (Å²) in [5.74, 6) is 0.840. The lowest BCUT2D eigenvalue weighted by atomic mass is 9.49. The highest BCUT2D eigenvalue weighted by Crippen LogP contribution is 2.60. The van der Waals surface area contributed by atoms with E-state index in [1.165, 1.54) is 26.2 Å². The minimum Gasteiger partial charge on any atom is -0.548 e. The number of amides is 1. The van der Waals surface area contributed by atoms with Crippen LogP contribution in [0.1, 0.15) is 45.4 Å². The molecule has 100 valence electrons. The lowest BCUT2D eigenvalue weighted by Gasteiger charge is -2.55. The maximum absolute atomic E-state index is 12.4. The molecule has 0 heterocycles. The minimum absolute atomic E-state index is 0.0432. The Labute approximate surface area is 107 Å². The standard InChI is InChI=1S/C14H21NO3/c1-8(12(16)17)15-13(18)14-5-9-2-10(6-14)4-11(3-9)7-14/h8-11H,2-7H2,1H3,(H,15,18)(H,16,17)/p-1/t8-,9?,10?,11?,14?/m0/s1. The Balaban J connectivity index is 1.75. The summed E-state index contributed by atoms with van der Waals surface area (Å²) in [4.78, 5) is 23.1. The summed E-state index contributed by atoms with van der Waals surface area (Å²) in [5, 5.41) is 13.4. The van der Waals surface area contributed by atoms with Gasteiger partial charge in [-0.25, -0.2) is 0 Å². The maximum Gasteiger partial charge on any atom is 0.226 e. The Morgan fingerprint density at radius 2 is 1.56 bits per heavy atom. The summed E-state index contributed by atoms with van der Waals surface area (Å²) in [5.41, 5.74) is -0.265. The van der Waals surface area contributed by atoms with Crippen molar-refractivity contribution in [2.45, 2.75) is 51.5 Å².